The van der Waals surface area contributed by atoms with E-state index in [0.717, 1.165) is 19.4 Å². The third-order valence-corrected chi connectivity index (χ3v) is 3.49. The van der Waals surface area contributed by atoms with Crippen molar-refractivity contribution in [2.45, 2.75) is 31.8 Å². The molecule has 98 valence electrons. The summed E-state index contributed by atoms with van der Waals surface area (Å²) < 4.78 is 0. The fourth-order valence-electron chi connectivity index (χ4n) is 2.22. The number of anilines is 1. The molecule has 0 spiro atoms. The van der Waals surface area contributed by atoms with E-state index in [-0.39, 0.29) is 11.7 Å². The smallest absolute Gasteiger partial charge is 0.293 e. The SMILES string of the molecule is CC1NCCCC1Nc1ccc(Cl)cc1[N+](=O)[O-]. The molecule has 0 saturated carbocycles. The van der Waals surface area contributed by atoms with E-state index < -0.39 is 4.92 Å². The Labute approximate surface area is 111 Å². The Balaban J connectivity index is 2.20. The Hall–Kier alpha value is -1.33. The Morgan fingerprint density at radius 1 is 1.56 bits per heavy atom. The van der Waals surface area contributed by atoms with E-state index in [1.165, 1.54) is 6.07 Å². The molecule has 0 aromatic heterocycles. The Morgan fingerprint density at radius 3 is 3.00 bits per heavy atom. The molecule has 18 heavy (non-hydrogen) atoms. The van der Waals surface area contributed by atoms with Gasteiger partial charge in [-0.05, 0) is 38.4 Å². The molecular formula is C12H16ClN3O2. The first-order chi connectivity index (χ1) is 8.58. The molecule has 2 unspecified atom stereocenters. The number of hydrogen-bond donors (Lipinski definition) is 2. The van der Waals surface area contributed by atoms with Crippen molar-refractivity contribution in [1.82, 2.24) is 5.32 Å². The first-order valence-corrected chi connectivity index (χ1v) is 6.39. The van der Waals surface area contributed by atoms with E-state index in [2.05, 4.69) is 17.6 Å². The number of halogens is 1. The highest BCUT2D eigenvalue weighted by molar-refractivity contribution is 6.30. The lowest BCUT2D eigenvalue weighted by atomic mass is 9.99. The van der Waals surface area contributed by atoms with Crippen LogP contribution in [0.3, 0.4) is 0 Å². The van der Waals surface area contributed by atoms with Gasteiger partial charge in [-0.2, -0.15) is 0 Å². The molecule has 1 aliphatic rings. The summed E-state index contributed by atoms with van der Waals surface area (Å²) in [6.07, 6.45) is 2.08. The summed E-state index contributed by atoms with van der Waals surface area (Å²) in [7, 11) is 0. The van der Waals surface area contributed by atoms with Crippen LogP contribution in [-0.2, 0) is 0 Å². The second kappa shape index (κ2) is 5.54. The zero-order valence-corrected chi connectivity index (χ0v) is 10.9. The highest BCUT2D eigenvalue weighted by Crippen LogP contribution is 2.29. The number of rotatable bonds is 3. The van der Waals surface area contributed by atoms with E-state index in [0.29, 0.717) is 16.8 Å². The quantitative estimate of drug-likeness (QED) is 0.654. The van der Waals surface area contributed by atoms with Gasteiger partial charge < -0.3 is 10.6 Å². The van der Waals surface area contributed by atoms with Crippen LogP contribution in [0.2, 0.25) is 5.02 Å². The van der Waals surface area contributed by atoms with Crippen molar-refractivity contribution in [3.8, 4) is 0 Å². The first-order valence-electron chi connectivity index (χ1n) is 6.02. The van der Waals surface area contributed by atoms with E-state index in [9.17, 15) is 10.1 Å². The van der Waals surface area contributed by atoms with Gasteiger partial charge in [-0.1, -0.05) is 11.6 Å². The molecule has 1 aromatic rings. The molecule has 2 N–H and O–H groups in total. The van der Waals surface area contributed by atoms with E-state index in [4.69, 9.17) is 11.6 Å². The summed E-state index contributed by atoms with van der Waals surface area (Å²) in [5.41, 5.74) is 0.560. The van der Waals surface area contributed by atoms with Crippen LogP contribution >= 0.6 is 11.6 Å². The molecule has 0 radical (unpaired) electrons. The molecule has 0 amide bonds. The van der Waals surface area contributed by atoms with Crippen molar-refractivity contribution in [2.75, 3.05) is 11.9 Å². The number of nitrogens with one attached hydrogen (secondary N) is 2. The zero-order valence-electron chi connectivity index (χ0n) is 10.1. The summed E-state index contributed by atoms with van der Waals surface area (Å²) in [6.45, 7) is 3.08. The maximum Gasteiger partial charge on any atom is 0.293 e. The maximum atomic E-state index is 11.0. The summed E-state index contributed by atoms with van der Waals surface area (Å²) in [4.78, 5) is 10.6. The number of nitrogens with zero attached hydrogens (tertiary/aromatic N) is 1. The molecule has 1 saturated heterocycles. The molecule has 1 heterocycles. The molecule has 5 nitrogen and oxygen atoms in total. The van der Waals surface area contributed by atoms with Crippen LogP contribution in [-0.4, -0.2) is 23.6 Å². The third-order valence-electron chi connectivity index (χ3n) is 3.26. The first kappa shape index (κ1) is 13.1. The van der Waals surface area contributed by atoms with Crippen LogP contribution in [0.25, 0.3) is 0 Å². The van der Waals surface area contributed by atoms with Crippen molar-refractivity contribution in [1.29, 1.82) is 0 Å². The van der Waals surface area contributed by atoms with Gasteiger partial charge in [0.05, 0.1) is 4.92 Å². The van der Waals surface area contributed by atoms with Crippen LogP contribution in [0.1, 0.15) is 19.8 Å². The predicted octanol–water partition coefficient (Wildman–Crippen LogP) is 2.80. The van der Waals surface area contributed by atoms with Gasteiger partial charge in [0.2, 0.25) is 0 Å². The van der Waals surface area contributed by atoms with Crippen molar-refractivity contribution < 1.29 is 4.92 Å². The molecule has 1 aromatic carbocycles. The van der Waals surface area contributed by atoms with Crippen molar-refractivity contribution in [3.63, 3.8) is 0 Å². The molecule has 6 heteroatoms. The van der Waals surface area contributed by atoms with Crippen LogP contribution in [0.4, 0.5) is 11.4 Å². The topological polar surface area (TPSA) is 67.2 Å². The minimum Gasteiger partial charge on any atom is -0.375 e. The van der Waals surface area contributed by atoms with Crippen molar-refractivity contribution in [3.05, 3.63) is 33.3 Å². The molecule has 1 aliphatic heterocycles. The standard InChI is InChI=1S/C12H16ClN3O2/c1-8-10(3-2-6-14-8)15-11-5-4-9(13)7-12(11)16(17)18/h4-5,7-8,10,14-15H,2-3,6H2,1H3. The Morgan fingerprint density at radius 2 is 2.33 bits per heavy atom. The minimum absolute atomic E-state index is 0.0280. The van der Waals surface area contributed by atoms with Gasteiger partial charge in [0, 0.05) is 23.2 Å². The normalized spacial score (nSPS) is 23.7. The summed E-state index contributed by atoms with van der Waals surface area (Å²) in [5.74, 6) is 0. The molecule has 2 atom stereocenters. The average Bonchev–Trinajstić information content (AvgIpc) is 2.34. The molecule has 0 bridgehead atoms. The van der Waals surface area contributed by atoms with Crippen LogP contribution in [0, 0.1) is 10.1 Å². The highest BCUT2D eigenvalue weighted by Gasteiger charge is 2.23. The van der Waals surface area contributed by atoms with Crippen molar-refractivity contribution in [2.24, 2.45) is 0 Å². The van der Waals surface area contributed by atoms with E-state index in [1.807, 2.05) is 0 Å². The van der Waals surface area contributed by atoms with Gasteiger partial charge >= 0.3 is 0 Å². The second-order valence-electron chi connectivity index (χ2n) is 4.55. The van der Waals surface area contributed by atoms with Crippen LogP contribution in [0.15, 0.2) is 18.2 Å². The molecular weight excluding hydrogens is 254 g/mol. The average molecular weight is 270 g/mol. The summed E-state index contributed by atoms with van der Waals surface area (Å²) >= 11 is 5.79. The number of hydrogen-bond acceptors (Lipinski definition) is 4. The summed E-state index contributed by atoms with van der Waals surface area (Å²) in [5, 5.41) is 18.0. The monoisotopic (exact) mass is 269 g/mol. The fourth-order valence-corrected chi connectivity index (χ4v) is 2.39. The van der Waals surface area contributed by atoms with E-state index >= 15 is 0 Å². The lowest BCUT2D eigenvalue weighted by molar-refractivity contribution is -0.384. The molecule has 0 aliphatic carbocycles. The molecule has 2 rings (SSSR count). The second-order valence-corrected chi connectivity index (χ2v) is 4.99. The van der Waals surface area contributed by atoms with Gasteiger partial charge in [0.25, 0.3) is 5.69 Å². The number of nitro groups is 1. The number of nitro benzene ring substituents is 1. The minimum atomic E-state index is -0.408. The number of piperidine rings is 1. The van der Waals surface area contributed by atoms with Gasteiger partial charge in [-0.15, -0.1) is 0 Å². The zero-order chi connectivity index (χ0) is 13.1. The maximum absolute atomic E-state index is 11.0. The third kappa shape index (κ3) is 2.91. The fraction of sp³-hybridized carbons (Fsp3) is 0.500. The predicted molar refractivity (Wildman–Crippen MR) is 72.2 cm³/mol. The van der Waals surface area contributed by atoms with Gasteiger partial charge in [0.15, 0.2) is 0 Å². The largest absolute Gasteiger partial charge is 0.375 e. The van der Waals surface area contributed by atoms with Crippen LogP contribution < -0.4 is 10.6 Å². The van der Waals surface area contributed by atoms with Gasteiger partial charge in [-0.25, -0.2) is 0 Å². The Kier molecular flexibility index (Phi) is 4.04. The highest BCUT2D eigenvalue weighted by atomic mass is 35.5. The Bertz CT molecular complexity index is 453. The van der Waals surface area contributed by atoms with Gasteiger partial charge in [-0.3, -0.25) is 10.1 Å². The van der Waals surface area contributed by atoms with Gasteiger partial charge in [0.1, 0.15) is 5.69 Å². The van der Waals surface area contributed by atoms with Crippen molar-refractivity contribution >= 4 is 23.0 Å². The van der Waals surface area contributed by atoms with Crippen LogP contribution in [0.5, 0.6) is 0 Å². The summed E-state index contributed by atoms with van der Waals surface area (Å²) in [6, 6.07) is 5.22. The molecule has 1 fully saturated rings. The number of benzene rings is 1. The lowest BCUT2D eigenvalue weighted by Gasteiger charge is -2.31. The van der Waals surface area contributed by atoms with E-state index in [1.54, 1.807) is 12.1 Å². The lowest BCUT2D eigenvalue weighted by Crippen LogP contribution is -2.46.